The van der Waals surface area contributed by atoms with Crippen molar-refractivity contribution in [2.24, 2.45) is 5.92 Å². The number of halogens is 2. The van der Waals surface area contributed by atoms with E-state index in [2.05, 4.69) is 19.2 Å². The van der Waals surface area contributed by atoms with Crippen LogP contribution in [0.5, 0.6) is 5.75 Å². The molecular weight excluding hydrogens is 260 g/mol. The summed E-state index contributed by atoms with van der Waals surface area (Å²) in [6.45, 7) is 7.00. The molecule has 0 bridgehead atoms. The number of rotatable bonds is 10. The van der Waals surface area contributed by atoms with Gasteiger partial charge in [-0.15, -0.1) is 0 Å². The summed E-state index contributed by atoms with van der Waals surface area (Å²) in [6, 6.07) is 3.26. The van der Waals surface area contributed by atoms with Crippen molar-refractivity contribution in [3.05, 3.63) is 29.8 Å². The molecule has 0 saturated carbocycles. The lowest BCUT2D eigenvalue weighted by Gasteiger charge is -2.08. The lowest BCUT2D eigenvalue weighted by atomic mass is 10.2. The first-order valence-electron chi connectivity index (χ1n) is 7.37. The predicted octanol–water partition coefficient (Wildman–Crippen LogP) is 4.15. The van der Waals surface area contributed by atoms with Crippen LogP contribution in [0.1, 0.15) is 39.5 Å². The summed E-state index contributed by atoms with van der Waals surface area (Å²) >= 11 is 0. The fourth-order valence-corrected chi connectivity index (χ4v) is 1.90. The molecule has 1 rings (SSSR count). The SMILES string of the molecule is CC(C)CNCCCCCCOc1cc(F)cc(F)c1. The van der Waals surface area contributed by atoms with Crippen molar-refractivity contribution in [2.75, 3.05) is 19.7 Å². The molecule has 0 fully saturated rings. The molecule has 2 nitrogen and oxygen atoms in total. The quantitative estimate of drug-likeness (QED) is 0.652. The first kappa shape index (κ1) is 16.9. The van der Waals surface area contributed by atoms with E-state index >= 15 is 0 Å². The Balaban J connectivity index is 1.99. The van der Waals surface area contributed by atoms with E-state index in [0.717, 1.165) is 44.8 Å². The van der Waals surface area contributed by atoms with Crippen LogP contribution in [0.2, 0.25) is 0 Å². The van der Waals surface area contributed by atoms with E-state index in [-0.39, 0.29) is 5.75 Å². The van der Waals surface area contributed by atoms with Gasteiger partial charge in [-0.25, -0.2) is 8.78 Å². The summed E-state index contributed by atoms with van der Waals surface area (Å²) in [7, 11) is 0. The van der Waals surface area contributed by atoms with Gasteiger partial charge in [-0.3, -0.25) is 0 Å². The van der Waals surface area contributed by atoms with Crippen LogP contribution in [0.15, 0.2) is 18.2 Å². The van der Waals surface area contributed by atoms with E-state index in [9.17, 15) is 8.78 Å². The molecule has 0 radical (unpaired) electrons. The van der Waals surface area contributed by atoms with Gasteiger partial charge in [-0.2, -0.15) is 0 Å². The molecule has 0 aromatic heterocycles. The summed E-state index contributed by atoms with van der Waals surface area (Å²) in [4.78, 5) is 0. The summed E-state index contributed by atoms with van der Waals surface area (Å²) in [5.74, 6) is -0.247. The third-order valence-corrected chi connectivity index (χ3v) is 2.91. The van der Waals surface area contributed by atoms with Gasteiger partial charge in [-0.05, 0) is 31.8 Å². The molecule has 0 aliphatic carbocycles. The minimum absolute atomic E-state index is 0.265. The average molecular weight is 285 g/mol. The van der Waals surface area contributed by atoms with Crippen LogP contribution in [-0.4, -0.2) is 19.7 Å². The van der Waals surface area contributed by atoms with Crippen molar-refractivity contribution in [1.82, 2.24) is 5.32 Å². The topological polar surface area (TPSA) is 21.3 Å². The summed E-state index contributed by atoms with van der Waals surface area (Å²) in [5.41, 5.74) is 0. The molecule has 0 spiro atoms. The van der Waals surface area contributed by atoms with Crippen LogP contribution in [0.4, 0.5) is 8.78 Å². The van der Waals surface area contributed by atoms with E-state index in [1.165, 1.54) is 12.1 Å². The fourth-order valence-electron chi connectivity index (χ4n) is 1.90. The molecule has 1 aromatic carbocycles. The first-order valence-corrected chi connectivity index (χ1v) is 7.37. The predicted molar refractivity (Wildman–Crippen MR) is 78.0 cm³/mol. The zero-order valence-electron chi connectivity index (χ0n) is 12.4. The van der Waals surface area contributed by atoms with Crippen LogP contribution < -0.4 is 10.1 Å². The fraction of sp³-hybridized carbons (Fsp3) is 0.625. The molecule has 0 heterocycles. The Bertz CT molecular complexity index is 362. The Morgan fingerprint density at radius 1 is 1.00 bits per heavy atom. The minimum atomic E-state index is -0.601. The van der Waals surface area contributed by atoms with Crippen LogP contribution in [0.25, 0.3) is 0 Å². The van der Waals surface area contributed by atoms with Gasteiger partial charge in [0.15, 0.2) is 0 Å². The highest BCUT2D eigenvalue weighted by molar-refractivity contribution is 5.23. The van der Waals surface area contributed by atoms with E-state index < -0.39 is 11.6 Å². The molecule has 0 aliphatic rings. The second-order valence-corrected chi connectivity index (χ2v) is 5.47. The number of ether oxygens (including phenoxy) is 1. The second kappa shape index (κ2) is 9.70. The van der Waals surface area contributed by atoms with Gasteiger partial charge in [0, 0.05) is 18.2 Å². The van der Waals surface area contributed by atoms with Crippen molar-refractivity contribution in [1.29, 1.82) is 0 Å². The molecule has 0 amide bonds. The highest BCUT2D eigenvalue weighted by Gasteiger charge is 2.01. The van der Waals surface area contributed by atoms with Crippen molar-refractivity contribution in [2.45, 2.75) is 39.5 Å². The van der Waals surface area contributed by atoms with Gasteiger partial charge in [0.1, 0.15) is 17.4 Å². The number of nitrogens with one attached hydrogen (secondary N) is 1. The third-order valence-electron chi connectivity index (χ3n) is 2.91. The minimum Gasteiger partial charge on any atom is -0.493 e. The smallest absolute Gasteiger partial charge is 0.129 e. The molecule has 4 heteroatoms. The van der Waals surface area contributed by atoms with E-state index in [1.807, 2.05) is 0 Å². The largest absolute Gasteiger partial charge is 0.493 e. The number of benzene rings is 1. The maximum Gasteiger partial charge on any atom is 0.129 e. The Hall–Kier alpha value is -1.16. The highest BCUT2D eigenvalue weighted by Crippen LogP contribution is 2.15. The zero-order valence-corrected chi connectivity index (χ0v) is 12.4. The van der Waals surface area contributed by atoms with E-state index in [4.69, 9.17) is 4.74 Å². The van der Waals surface area contributed by atoms with Crippen LogP contribution in [0.3, 0.4) is 0 Å². The van der Waals surface area contributed by atoms with Crippen molar-refractivity contribution >= 4 is 0 Å². The zero-order chi connectivity index (χ0) is 14.8. The van der Waals surface area contributed by atoms with Gasteiger partial charge >= 0.3 is 0 Å². The van der Waals surface area contributed by atoms with Crippen LogP contribution >= 0.6 is 0 Å². The normalized spacial score (nSPS) is 11.1. The molecule has 0 aliphatic heterocycles. The molecule has 1 N–H and O–H groups in total. The van der Waals surface area contributed by atoms with Crippen molar-refractivity contribution < 1.29 is 13.5 Å². The van der Waals surface area contributed by atoms with Gasteiger partial charge in [0.2, 0.25) is 0 Å². The lowest BCUT2D eigenvalue weighted by molar-refractivity contribution is 0.301. The summed E-state index contributed by atoms with van der Waals surface area (Å²) < 4.78 is 31.1. The van der Waals surface area contributed by atoms with E-state index in [0.29, 0.717) is 12.5 Å². The van der Waals surface area contributed by atoms with E-state index in [1.54, 1.807) is 0 Å². The summed E-state index contributed by atoms with van der Waals surface area (Å²) in [5, 5.41) is 3.40. The lowest BCUT2D eigenvalue weighted by Crippen LogP contribution is -2.20. The van der Waals surface area contributed by atoms with Crippen LogP contribution in [-0.2, 0) is 0 Å². The van der Waals surface area contributed by atoms with Gasteiger partial charge in [-0.1, -0.05) is 26.7 Å². The molecule has 1 aromatic rings. The number of unbranched alkanes of at least 4 members (excludes halogenated alkanes) is 3. The Kier molecular flexibility index (Phi) is 8.19. The second-order valence-electron chi connectivity index (χ2n) is 5.47. The monoisotopic (exact) mass is 285 g/mol. The Labute approximate surface area is 120 Å². The Morgan fingerprint density at radius 3 is 2.30 bits per heavy atom. The standard InChI is InChI=1S/C16H25F2NO/c1-13(2)12-19-7-5-3-4-6-8-20-16-10-14(17)9-15(18)11-16/h9-11,13,19H,3-8,12H2,1-2H3. The summed E-state index contributed by atoms with van der Waals surface area (Å²) in [6.07, 6.45) is 4.27. The van der Waals surface area contributed by atoms with Gasteiger partial charge in [0.05, 0.1) is 6.61 Å². The van der Waals surface area contributed by atoms with Gasteiger partial charge in [0.25, 0.3) is 0 Å². The van der Waals surface area contributed by atoms with Crippen molar-refractivity contribution in [3.63, 3.8) is 0 Å². The van der Waals surface area contributed by atoms with Crippen LogP contribution in [0, 0.1) is 17.6 Å². The molecule has 114 valence electrons. The third kappa shape index (κ3) is 8.10. The Morgan fingerprint density at radius 2 is 1.65 bits per heavy atom. The molecular formula is C16H25F2NO. The highest BCUT2D eigenvalue weighted by atomic mass is 19.1. The first-order chi connectivity index (χ1) is 9.58. The molecule has 20 heavy (non-hydrogen) atoms. The molecule has 0 saturated heterocycles. The van der Waals surface area contributed by atoms with Crippen molar-refractivity contribution in [3.8, 4) is 5.75 Å². The maximum absolute atomic E-state index is 12.9. The molecule has 0 unspecified atom stereocenters. The average Bonchev–Trinajstić information content (AvgIpc) is 2.35. The van der Waals surface area contributed by atoms with Gasteiger partial charge < -0.3 is 10.1 Å². The molecule has 0 atom stereocenters. The number of hydrogen-bond acceptors (Lipinski definition) is 2. The number of hydrogen-bond donors (Lipinski definition) is 1. The maximum atomic E-state index is 12.9.